The third kappa shape index (κ3) is 3.35. The van der Waals surface area contributed by atoms with E-state index in [0.717, 1.165) is 13.2 Å². The van der Waals surface area contributed by atoms with Crippen LogP contribution >= 0.6 is 34.8 Å². The van der Waals surface area contributed by atoms with Gasteiger partial charge in [-0.05, 0) is 12.1 Å². The minimum Gasteiger partial charge on any atom is -0.496 e. The van der Waals surface area contributed by atoms with Gasteiger partial charge in [-0.2, -0.15) is 13.2 Å². The van der Waals surface area contributed by atoms with Gasteiger partial charge in [-0.25, -0.2) is 0 Å². The predicted molar refractivity (Wildman–Crippen MR) is 63.5 cm³/mol. The molecular formula is C10H8Cl3F3O2. The van der Waals surface area contributed by atoms with Gasteiger partial charge in [0.05, 0.1) is 12.7 Å². The van der Waals surface area contributed by atoms with E-state index < -0.39 is 28.4 Å². The van der Waals surface area contributed by atoms with Crippen LogP contribution in [-0.2, 0) is 6.18 Å². The van der Waals surface area contributed by atoms with Gasteiger partial charge in [0.1, 0.15) is 16.7 Å². The molecular weight excluding hydrogens is 315 g/mol. The Balaban J connectivity index is 3.48. The first kappa shape index (κ1) is 15.7. The first-order valence-electron chi connectivity index (χ1n) is 4.59. The summed E-state index contributed by atoms with van der Waals surface area (Å²) in [5, 5.41) is 9.45. The third-order valence-electron chi connectivity index (χ3n) is 2.15. The van der Waals surface area contributed by atoms with Crippen LogP contribution in [0.5, 0.6) is 5.75 Å². The number of rotatable bonds is 3. The van der Waals surface area contributed by atoms with Crippen molar-refractivity contribution in [3.05, 3.63) is 28.3 Å². The topological polar surface area (TPSA) is 29.5 Å². The molecule has 0 bridgehead atoms. The molecule has 0 amide bonds. The van der Waals surface area contributed by atoms with Crippen LogP contribution in [0.25, 0.3) is 0 Å². The zero-order valence-electron chi connectivity index (χ0n) is 8.93. The summed E-state index contributed by atoms with van der Waals surface area (Å²) in [4.78, 5) is -1.31. The summed E-state index contributed by atoms with van der Waals surface area (Å²) in [5.74, 6) is -0.550. The Labute approximate surface area is 116 Å². The van der Waals surface area contributed by atoms with Crippen LogP contribution < -0.4 is 4.74 Å². The molecule has 0 aliphatic carbocycles. The number of hydrogen-bond donors (Lipinski definition) is 1. The molecule has 2 nitrogen and oxygen atoms in total. The van der Waals surface area contributed by atoms with E-state index in [4.69, 9.17) is 34.8 Å². The summed E-state index contributed by atoms with van der Waals surface area (Å²) in [6, 6.07) is 1.83. The van der Waals surface area contributed by atoms with E-state index in [1.165, 1.54) is 0 Å². The fourth-order valence-electron chi connectivity index (χ4n) is 1.41. The lowest BCUT2D eigenvalue weighted by molar-refractivity contribution is -0.138. The molecule has 0 radical (unpaired) electrons. The SMILES string of the molecule is COc1c(C(O)C(Cl)Cl)cc(Cl)cc1C(F)(F)F. The van der Waals surface area contributed by atoms with Crippen molar-refractivity contribution in [2.24, 2.45) is 0 Å². The lowest BCUT2D eigenvalue weighted by atomic mass is 10.0. The molecule has 0 saturated heterocycles. The molecule has 0 spiro atoms. The highest BCUT2D eigenvalue weighted by Gasteiger charge is 2.37. The first-order valence-corrected chi connectivity index (χ1v) is 5.84. The molecule has 0 fully saturated rings. The average molecular weight is 324 g/mol. The van der Waals surface area contributed by atoms with Crippen LogP contribution in [0.1, 0.15) is 17.2 Å². The average Bonchev–Trinajstić information content (AvgIpc) is 2.25. The lowest BCUT2D eigenvalue weighted by Gasteiger charge is -2.20. The van der Waals surface area contributed by atoms with Crippen molar-refractivity contribution in [1.82, 2.24) is 0 Å². The quantitative estimate of drug-likeness (QED) is 0.845. The van der Waals surface area contributed by atoms with Crippen LogP contribution in [-0.4, -0.2) is 17.1 Å². The molecule has 1 N–H and O–H groups in total. The van der Waals surface area contributed by atoms with Crippen LogP contribution in [0.15, 0.2) is 12.1 Å². The highest BCUT2D eigenvalue weighted by Crippen LogP contribution is 2.43. The fraction of sp³-hybridized carbons (Fsp3) is 0.400. The molecule has 0 aromatic heterocycles. The number of ether oxygens (including phenoxy) is 1. The largest absolute Gasteiger partial charge is 0.496 e. The molecule has 102 valence electrons. The highest BCUT2D eigenvalue weighted by atomic mass is 35.5. The zero-order chi connectivity index (χ0) is 14.1. The van der Waals surface area contributed by atoms with Gasteiger partial charge in [0.15, 0.2) is 0 Å². The predicted octanol–water partition coefficient (Wildman–Crippen LogP) is 4.20. The number of benzene rings is 1. The molecule has 8 heteroatoms. The van der Waals surface area contributed by atoms with Gasteiger partial charge < -0.3 is 9.84 Å². The molecule has 0 heterocycles. The van der Waals surface area contributed by atoms with Crippen LogP contribution in [0.4, 0.5) is 13.2 Å². The van der Waals surface area contributed by atoms with Gasteiger partial charge in [0, 0.05) is 10.6 Å². The summed E-state index contributed by atoms with van der Waals surface area (Å²) >= 11 is 16.5. The van der Waals surface area contributed by atoms with E-state index >= 15 is 0 Å². The van der Waals surface area contributed by atoms with Gasteiger partial charge in [-0.1, -0.05) is 11.6 Å². The summed E-state index contributed by atoms with van der Waals surface area (Å²) in [5.41, 5.74) is -1.31. The summed E-state index contributed by atoms with van der Waals surface area (Å²) < 4.78 is 43.0. The number of methoxy groups -OCH3 is 1. The van der Waals surface area contributed by atoms with Crippen molar-refractivity contribution in [3.8, 4) is 5.75 Å². The smallest absolute Gasteiger partial charge is 0.420 e. The Bertz CT molecular complexity index is 435. The maximum Gasteiger partial charge on any atom is 0.420 e. The van der Waals surface area contributed by atoms with E-state index in [0.29, 0.717) is 6.07 Å². The normalized spacial score (nSPS) is 13.8. The molecule has 18 heavy (non-hydrogen) atoms. The van der Waals surface area contributed by atoms with E-state index in [1.54, 1.807) is 0 Å². The number of halogens is 6. The fourth-order valence-corrected chi connectivity index (χ4v) is 1.91. The Hall–Kier alpha value is -0.360. The van der Waals surface area contributed by atoms with Crippen molar-refractivity contribution in [3.63, 3.8) is 0 Å². The van der Waals surface area contributed by atoms with E-state index in [9.17, 15) is 18.3 Å². The maximum absolute atomic E-state index is 12.8. The van der Waals surface area contributed by atoms with Crippen molar-refractivity contribution in [2.45, 2.75) is 17.1 Å². The summed E-state index contributed by atoms with van der Waals surface area (Å²) in [6.07, 6.45) is -6.21. The molecule has 0 aliphatic heterocycles. The van der Waals surface area contributed by atoms with Crippen molar-refractivity contribution in [2.75, 3.05) is 7.11 Å². The first-order chi connectivity index (χ1) is 8.18. The lowest BCUT2D eigenvalue weighted by Crippen LogP contribution is -2.13. The van der Waals surface area contributed by atoms with Crippen LogP contribution in [0.3, 0.4) is 0 Å². The van der Waals surface area contributed by atoms with E-state index in [-0.39, 0.29) is 10.6 Å². The van der Waals surface area contributed by atoms with Crippen LogP contribution in [0.2, 0.25) is 5.02 Å². The Kier molecular flexibility index (Phi) is 5.00. The van der Waals surface area contributed by atoms with Gasteiger partial charge in [0.25, 0.3) is 0 Å². The minimum atomic E-state index is -4.67. The molecule has 1 unspecified atom stereocenters. The molecule has 1 aromatic rings. The number of aliphatic hydroxyl groups excluding tert-OH is 1. The van der Waals surface area contributed by atoms with Crippen molar-refractivity contribution in [1.29, 1.82) is 0 Å². The molecule has 1 atom stereocenters. The molecule has 0 aliphatic rings. The highest BCUT2D eigenvalue weighted by molar-refractivity contribution is 6.44. The van der Waals surface area contributed by atoms with E-state index in [2.05, 4.69) is 4.74 Å². The molecule has 1 aromatic carbocycles. The molecule has 0 saturated carbocycles. The number of alkyl halides is 5. The van der Waals surface area contributed by atoms with Gasteiger partial charge >= 0.3 is 6.18 Å². The van der Waals surface area contributed by atoms with E-state index in [1.807, 2.05) is 0 Å². The summed E-state index contributed by atoms with van der Waals surface area (Å²) in [6.45, 7) is 0. The Morgan fingerprint density at radius 1 is 1.28 bits per heavy atom. The minimum absolute atomic E-state index is 0.203. The van der Waals surface area contributed by atoms with Crippen molar-refractivity contribution >= 4 is 34.8 Å². The number of hydrogen-bond acceptors (Lipinski definition) is 2. The summed E-state index contributed by atoms with van der Waals surface area (Å²) in [7, 11) is 1.05. The van der Waals surface area contributed by atoms with Gasteiger partial charge in [-0.3, -0.25) is 0 Å². The monoisotopic (exact) mass is 322 g/mol. The molecule has 1 rings (SSSR count). The second-order valence-electron chi connectivity index (χ2n) is 3.35. The van der Waals surface area contributed by atoms with Crippen molar-refractivity contribution < 1.29 is 23.0 Å². The maximum atomic E-state index is 12.8. The van der Waals surface area contributed by atoms with Gasteiger partial charge in [-0.15, -0.1) is 23.2 Å². The number of aliphatic hydroxyl groups is 1. The Morgan fingerprint density at radius 3 is 2.22 bits per heavy atom. The third-order valence-corrected chi connectivity index (χ3v) is 2.84. The zero-order valence-corrected chi connectivity index (χ0v) is 11.2. The second kappa shape index (κ2) is 5.74. The standard InChI is InChI=1S/C10H8Cl3F3O2/c1-18-8-5(7(17)9(12)13)2-4(11)3-6(8)10(14,15)16/h2-3,7,9,17H,1H3. The Morgan fingerprint density at radius 2 is 1.83 bits per heavy atom. The van der Waals surface area contributed by atoms with Crippen LogP contribution in [0, 0.1) is 0 Å². The van der Waals surface area contributed by atoms with Gasteiger partial charge in [0.2, 0.25) is 0 Å². The second-order valence-corrected chi connectivity index (χ2v) is 4.95.